The average Bonchev–Trinajstić information content (AvgIpc) is 2.90. The number of methoxy groups -OCH3 is 1. The lowest BCUT2D eigenvalue weighted by molar-refractivity contribution is 0.0697. The second-order valence-corrected chi connectivity index (χ2v) is 4.18. The third kappa shape index (κ3) is 1.87. The molecule has 1 N–H and O–H groups in total. The van der Waals surface area contributed by atoms with Crippen molar-refractivity contribution in [1.29, 1.82) is 0 Å². The van der Waals surface area contributed by atoms with Gasteiger partial charge in [0, 0.05) is 6.07 Å². The van der Waals surface area contributed by atoms with Crippen LogP contribution in [0.25, 0.3) is 16.7 Å². The van der Waals surface area contributed by atoms with Crippen LogP contribution in [0, 0.1) is 0 Å². The lowest BCUT2D eigenvalue weighted by Gasteiger charge is -2.08. The van der Waals surface area contributed by atoms with E-state index in [1.54, 1.807) is 12.1 Å². The highest BCUT2D eigenvalue weighted by molar-refractivity contribution is 5.93. The van der Waals surface area contributed by atoms with E-state index in [1.165, 1.54) is 17.9 Å². The van der Waals surface area contributed by atoms with E-state index in [-0.39, 0.29) is 5.56 Å². The van der Waals surface area contributed by atoms with Crippen LogP contribution in [0.15, 0.2) is 42.5 Å². The first-order valence-corrected chi connectivity index (χ1v) is 5.93. The van der Waals surface area contributed by atoms with Crippen molar-refractivity contribution in [3.8, 4) is 11.4 Å². The van der Waals surface area contributed by atoms with E-state index in [2.05, 4.69) is 10.3 Å². The summed E-state index contributed by atoms with van der Waals surface area (Å²) < 4.78 is 6.65. The number of carboxylic acid groups (broad SMARTS) is 1. The third-order valence-electron chi connectivity index (χ3n) is 3.02. The van der Waals surface area contributed by atoms with Crippen molar-refractivity contribution in [3.05, 3.63) is 48.0 Å². The summed E-state index contributed by atoms with van der Waals surface area (Å²) in [5, 5.41) is 17.4. The van der Waals surface area contributed by atoms with Gasteiger partial charge in [-0.05, 0) is 24.3 Å². The summed E-state index contributed by atoms with van der Waals surface area (Å²) in [5.74, 6) is -0.466. The predicted octanol–water partition coefficient (Wildman–Crippen LogP) is 2.13. The standard InChI is InChI=1S/C14H11N3O3/c1-20-9-6-7-10(14(18)19)13(8-9)17-12-5-3-2-4-11(12)15-16-17/h2-8H,1H3,(H,18,19). The molecule has 0 aliphatic carbocycles. The minimum Gasteiger partial charge on any atom is -0.497 e. The molecule has 6 nitrogen and oxygen atoms in total. The predicted molar refractivity (Wildman–Crippen MR) is 72.4 cm³/mol. The Morgan fingerprint density at radius 3 is 2.80 bits per heavy atom. The fraction of sp³-hybridized carbons (Fsp3) is 0.0714. The Balaban J connectivity index is 2.29. The normalized spacial score (nSPS) is 10.7. The molecule has 0 saturated heterocycles. The number of hydrogen-bond donors (Lipinski definition) is 1. The fourth-order valence-electron chi connectivity index (χ4n) is 2.04. The van der Waals surface area contributed by atoms with Gasteiger partial charge in [0.15, 0.2) is 0 Å². The summed E-state index contributed by atoms with van der Waals surface area (Å²) in [6.07, 6.45) is 0. The van der Waals surface area contributed by atoms with E-state index < -0.39 is 5.97 Å². The summed E-state index contributed by atoms with van der Waals surface area (Å²) in [4.78, 5) is 11.4. The fourth-order valence-corrected chi connectivity index (χ4v) is 2.04. The van der Waals surface area contributed by atoms with Crippen molar-refractivity contribution >= 4 is 17.0 Å². The topological polar surface area (TPSA) is 77.2 Å². The van der Waals surface area contributed by atoms with E-state index in [4.69, 9.17) is 4.74 Å². The van der Waals surface area contributed by atoms with E-state index >= 15 is 0 Å². The van der Waals surface area contributed by atoms with Crippen LogP contribution in [0.4, 0.5) is 0 Å². The molecule has 0 amide bonds. The molecule has 1 aromatic heterocycles. The first kappa shape index (κ1) is 12.2. The van der Waals surface area contributed by atoms with Gasteiger partial charge in [-0.3, -0.25) is 0 Å². The second kappa shape index (κ2) is 4.65. The number of rotatable bonds is 3. The molecule has 2 aromatic carbocycles. The summed E-state index contributed by atoms with van der Waals surface area (Å²) in [6, 6.07) is 12.1. The van der Waals surface area contributed by atoms with E-state index in [0.717, 1.165) is 5.52 Å². The zero-order chi connectivity index (χ0) is 14.1. The van der Waals surface area contributed by atoms with Crippen LogP contribution in [0.2, 0.25) is 0 Å². The number of ether oxygens (including phenoxy) is 1. The molecule has 0 saturated carbocycles. The van der Waals surface area contributed by atoms with Crippen molar-refractivity contribution < 1.29 is 14.6 Å². The number of aromatic carboxylic acids is 1. The monoisotopic (exact) mass is 269 g/mol. The molecule has 1 heterocycles. The Bertz CT molecular complexity index is 795. The molecule has 0 atom stereocenters. The van der Waals surface area contributed by atoms with Crippen LogP contribution in [-0.2, 0) is 0 Å². The molecule has 0 bridgehead atoms. The Hall–Kier alpha value is -2.89. The van der Waals surface area contributed by atoms with Crippen LogP contribution in [0.1, 0.15) is 10.4 Å². The molecule has 0 radical (unpaired) electrons. The van der Waals surface area contributed by atoms with Crippen LogP contribution in [-0.4, -0.2) is 33.2 Å². The smallest absolute Gasteiger partial charge is 0.337 e. The lowest BCUT2D eigenvalue weighted by atomic mass is 10.1. The molecule has 20 heavy (non-hydrogen) atoms. The van der Waals surface area contributed by atoms with Gasteiger partial charge in [0.2, 0.25) is 0 Å². The van der Waals surface area contributed by atoms with Crippen molar-refractivity contribution in [2.75, 3.05) is 7.11 Å². The Morgan fingerprint density at radius 1 is 1.25 bits per heavy atom. The molecule has 0 aliphatic rings. The van der Waals surface area contributed by atoms with Gasteiger partial charge in [-0.1, -0.05) is 17.3 Å². The highest BCUT2D eigenvalue weighted by Gasteiger charge is 2.16. The molecule has 6 heteroatoms. The molecule has 0 aliphatic heterocycles. The highest BCUT2D eigenvalue weighted by atomic mass is 16.5. The maximum atomic E-state index is 11.4. The van der Waals surface area contributed by atoms with Crippen molar-refractivity contribution in [1.82, 2.24) is 15.0 Å². The molecule has 0 unspecified atom stereocenters. The Kier molecular flexibility index (Phi) is 2.83. The maximum Gasteiger partial charge on any atom is 0.337 e. The quantitative estimate of drug-likeness (QED) is 0.788. The largest absolute Gasteiger partial charge is 0.497 e. The number of benzene rings is 2. The molecule has 3 aromatic rings. The number of aromatic nitrogens is 3. The molecular formula is C14H11N3O3. The molecule has 0 fully saturated rings. The van der Waals surface area contributed by atoms with E-state index in [9.17, 15) is 9.90 Å². The van der Waals surface area contributed by atoms with E-state index in [0.29, 0.717) is 17.0 Å². The van der Waals surface area contributed by atoms with Crippen LogP contribution in [0.3, 0.4) is 0 Å². The highest BCUT2D eigenvalue weighted by Crippen LogP contribution is 2.24. The third-order valence-corrected chi connectivity index (χ3v) is 3.02. The van der Waals surface area contributed by atoms with Crippen molar-refractivity contribution in [2.24, 2.45) is 0 Å². The summed E-state index contributed by atoms with van der Waals surface area (Å²) >= 11 is 0. The van der Waals surface area contributed by atoms with E-state index in [1.807, 2.05) is 24.3 Å². The lowest BCUT2D eigenvalue weighted by Crippen LogP contribution is -2.07. The van der Waals surface area contributed by atoms with Gasteiger partial charge in [-0.15, -0.1) is 5.10 Å². The second-order valence-electron chi connectivity index (χ2n) is 4.18. The molecule has 0 spiro atoms. The van der Waals surface area contributed by atoms with Crippen molar-refractivity contribution in [3.63, 3.8) is 0 Å². The first-order valence-electron chi connectivity index (χ1n) is 5.93. The number of para-hydroxylation sites is 1. The van der Waals surface area contributed by atoms with Crippen LogP contribution >= 0.6 is 0 Å². The summed E-state index contributed by atoms with van der Waals surface area (Å²) in [6.45, 7) is 0. The number of carboxylic acids is 1. The summed E-state index contributed by atoms with van der Waals surface area (Å²) in [5.41, 5.74) is 2.00. The maximum absolute atomic E-state index is 11.4. The number of fused-ring (bicyclic) bond motifs is 1. The Labute approximate surface area is 114 Å². The van der Waals surface area contributed by atoms with Gasteiger partial charge < -0.3 is 9.84 Å². The van der Waals surface area contributed by atoms with Crippen LogP contribution in [0.5, 0.6) is 5.75 Å². The van der Waals surface area contributed by atoms with Gasteiger partial charge in [0.05, 0.1) is 23.9 Å². The van der Waals surface area contributed by atoms with Crippen molar-refractivity contribution in [2.45, 2.75) is 0 Å². The zero-order valence-corrected chi connectivity index (χ0v) is 10.6. The van der Waals surface area contributed by atoms with Gasteiger partial charge in [-0.25, -0.2) is 9.48 Å². The zero-order valence-electron chi connectivity index (χ0n) is 10.6. The minimum absolute atomic E-state index is 0.140. The number of nitrogens with zero attached hydrogens (tertiary/aromatic N) is 3. The molecule has 100 valence electrons. The SMILES string of the molecule is COc1ccc(C(=O)O)c(-n2nnc3ccccc32)c1. The first-order chi connectivity index (χ1) is 9.70. The molecule has 3 rings (SSSR count). The Morgan fingerprint density at radius 2 is 2.05 bits per heavy atom. The van der Waals surface area contributed by atoms with Crippen LogP contribution < -0.4 is 4.74 Å². The number of carbonyl (C=O) groups is 1. The van der Waals surface area contributed by atoms with Gasteiger partial charge in [0.25, 0.3) is 0 Å². The average molecular weight is 269 g/mol. The number of hydrogen-bond acceptors (Lipinski definition) is 4. The van der Waals surface area contributed by atoms with Gasteiger partial charge >= 0.3 is 5.97 Å². The van der Waals surface area contributed by atoms with Gasteiger partial charge in [0.1, 0.15) is 11.3 Å². The van der Waals surface area contributed by atoms with Gasteiger partial charge in [-0.2, -0.15) is 0 Å². The molecular weight excluding hydrogens is 258 g/mol. The summed E-state index contributed by atoms with van der Waals surface area (Å²) in [7, 11) is 1.53. The minimum atomic E-state index is -1.03.